The molecule has 0 fully saturated rings. The minimum Gasteiger partial charge on any atom is -0.860 e. The van der Waals surface area contributed by atoms with Crippen LogP contribution in [0.15, 0.2) is 199 Å². The van der Waals surface area contributed by atoms with Crippen molar-refractivity contribution in [2.75, 3.05) is 0 Å². The van der Waals surface area contributed by atoms with Crippen LogP contribution in [0.5, 0.6) is 5.75 Å². The van der Waals surface area contributed by atoms with Gasteiger partial charge in [0.1, 0.15) is 18.5 Å². The number of allylic oxidation sites excluding steroid dienone is 10. The summed E-state index contributed by atoms with van der Waals surface area (Å²) < 4.78 is 77.5. The van der Waals surface area contributed by atoms with E-state index in [4.69, 9.17) is 0 Å². The smallest absolute Gasteiger partial charge is 0.416 e. The van der Waals surface area contributed by atoms with Crippen molar-refractivity contribution in [2.45, 2.75) is 12.4 Å². The average molecular weight is 759 g/mol. The first-order chi connectivity index (χ1) is 26.9. The molecule has 0 radical (unpaired) electrons. The van der Waals surface area contributed by atoms with Crippen molar-refractivity contribution in [3.63, 3.8) is 0 Å². The Morgan fingerprint density at radius 1 is 0.464 bits per heavy atom. The van der Waals surface area contributed by atoms with Gasteiger partial charge >= 0.3 is 12.4 Å². The summed E-state index contributed by atoms with van der Waals surface area (Å²) in [5.74, 6) is -1.08. The third-order valence-corrected chi connectivity index (χ3v) is 8.17. The second kappa shape index (κ2) is 19.3. The predicted octanol–water partition coefficient (Wildman–Crippen LogP) is 10.4. The first kappa shape index (κ1) is 40.8. The second-order valence-corrected chi connectivity index (χ2v) is 12.1. The van der Waals surface area contributed by atoms with E-state index in [1.807, 2.05) is 0 Å². The summed E-state index contributed by atoms with van der Waals surface area (Å²) in [7, 11) is -3.02. The predicted molar refractivity (Wildman–Crippen MR) is 206 cm³/mol. The third-order valence-electron chi connectivity index (χ3n) is 8.17. The van der Waals surface area contributed by atoms with Crippen LogP contribution in [0.25, 0.3) is 11.1 Å². The Bertz CT molecular complexity index is 1970. The van der Waals surface area contributed by atoms with Gasteiger partial charge in [-0.2, -0.15) is 26.3 Å². The van der Waals surface area contributed by atoms with Gasteiger partial charge in [0, 0.05) is 83.7 Å². The molecule has 0 aliphatic heterocycles. The maximum atomic E-state index is 12.3. The molecule has 3 nitrogen and oxygen atoms in total. The largest absolute Gasteiger partial charge is 0.860 e. The first-order valence-corrected chi connectivity index (χ1v) is 17.2. The monoisotopic (exact) mass is 758 g/mol. The number of rotatable bonds is 6. The van der Waals surface area contributed by atoms with Gasteiger partial charge in [-0.25, -0.2) is 0 Å². The number of hydrogen-bond donors (Lipinski definition) is 0. The van der Waals surface area contributed by atoms with Crippen molar-refractivity contribution in [2.24, 2.45) is 0 Å². The van der Waals surface area contributed by atoms with Crippen molar-refractivity contribution in [1.82, 2.24) is 0 Å². The van der Waals surface area contributed by atoms with Crippen molar-refractivity contribution in [3.8, 4) is 5.75 Å². The summed E-state index contributed by atoms with van der Waals surface area (Å²) in [4.78, 5) is 0. The molecule has 10 heteroatoms. The normalized spacial score (nSPS) is 12.9. The Hall–Kier alpha value is -6.36. The summed E-state index contributed by atoms with van der Waals surface area (Å²) in [6, 6.07) is 42.3. The van der Waals surface area contributed by atoms with Gasteiger partial charge in [-0.15, -0.1) is 0 Å². The zero-order chi connectivity index (χ0) is 40.0. The number of hydrogen-bond acceptors (Lipinski definition) is 3. The summed E-state index contributed by atoms with van der Waals surface area (Å²) in [6.07, 6.45) is 11.0. The molecule has 0 spiro atoms. The molecule has 2 aliphatic rings. The highest BCUT2D eigenvalue weighted by Crippen LogP contribution is 2.38. The Labute approximate surface area is 322 Å². The lowest BCUT2D eigenvalue weighted by Gasteiger charge is -2.27. The van der Waals surface area contributed by atoms with Crippen LogP contribution in [0.2, 0.25) is 0 Å². The van der Waals surface area contributed by atoms with E-state index >= 15 is 0 Å². The molecule has 0 heterocycles. The molecule has 0 amide bonds. The molecule has 0 aromatic heterocycles. The summed E-state index contributed by atoms with van der Waals surface area (Å²) >= 11 is 0. The third kappa shape index (κ3) is 11.8. The summed E-state index contributed by atoms with van der Waals surface area (Å²) in [5, 5.41) is 20.2. The van der Waals surface area contributed by atoms with Crippen LogP contribution >= 0.6 is 0 Å². The maximum Gasteiger partial charge on any atom is 0.416 e. The van der Waals surface area contributed by atoms with E-state index in [9.17, 15) is 36.4 Å². The molecule has 0 saturated carbocycles. The molecule has 0 bridgehead atoms. The van der Waals surface area contributed by atoms with Gasteiger partial charge in [-0.3, -0.25) is 0 Å². The molecule has 0 unspecified atom stereocenters. The average Bonchev–Trinajstić information content (AvgIpc) is 3.20. The van der Waals surface area contributed by atoms with Gasteiger partial charge in [0.15, 0.2) is 0 Å². The standard InChI is InChI=1S/2C19H15.C8H3BF6O3/c2*1-4-10-16(11-5-1)19(17-12-6-2-7-13-17)18-14-8-3-9-15-18;10-7(11,12)4-1-5(8(13,14)15)3-6(2-4)18-9(16)17/h2*1-15H;1-3H/q2*+1;-2. The van der Waals surface area contributed by atoms with Crippen molar-refractivity contribution in [3.05, 3.63) is 246 Å². The molecule has 7 rings (SSSR count). The van der Waals surface area contributed by atoms with Gasteiger partial charge in [0.05, 0.1) is 28.0 Å². The number of halogens is 6. The van der Waals surface area contributed by atoms with Gasteiger partial charge in [-0.1, -0.05) is 72.8 Å². The van der Waals surface area contributed by atoms with Crippen LogP contribution in [0.4, 0.5) is 26.3 Å². The van der Waals surface area contributed by atoms with Crippen LogP contribution in [0.3, 0.4) is 0 Å². The molecule has 5 aromatic carbocycles. The zero-order valence-corrected chi connectivity index (χ0v) is 29.6. The molecule has 0 saturated heterocycles. The number of alkyl halides is 6. The fourth-order valence-electron chi connectivity index (χ4n) is 5.73. The topological polar surface area (TPSA) is 55.3 Å². The summed E-state index contributed by atoms with van der Waals surface area (Å²) in [5.41, 5.74) is 6.74. The lowest BCUT2D eigenvalue weighted by molar-refractivity contribution is -0.372. The molecule has 0 N–H and O–H groups in total. The minimum atomic E-state index is -5.05. The van der Waals surface area contributed by atoms with Crippen LogP contribution < -0.4 is 14.7 Å². The Balaban J connectivity index is 0.000000161. The van der Waals surface area contributed by atoms with E-state index in [-0.39, 0.29) is 18.2 Å². The van der Waals surface area contributed by atoms with Crippen LogP contribution in [-0.2, 0) is 12.4 Å². The van der Waals surface area contributed by atoms with E-state index in [1.54, 1.807) is 0 Å². The van der Waals surface area contributed by atoms with Crippen molar-refractivity contribution in [1.29, 1.82) is 0 Å². The second-order valence-electron chi connectivity index (χ2n) is 12.1. The molecule has 0 atom stereocenters. The van der Waals surface area contributed by atoms with Crippen LogP contribution in [0, 0.1) is 12.8 Å². The SMILES string of the molecule is C1=C[CH+]C(=C(c2ccccc2)c2ccccc2)C=C1.C1=C[CH+]C(=C(c2ccccc2)c2ccccc2)C=C1.[O-]B([O-])Oc1cc(C(F)(F)F)cc(C(F)(F)F)c1. The Morgan fingerprint density at radius 2 is 0.786 bits per heavy atom. The summed E-state index contributed by atoms with van der Waals surface area (Å²) in [6.45, 7) is 0. The van der Waals surface area contributed by atoms with E-state index in [0.717, 1.165) is 0 Å². The zero-order valence-electron chi connectivity index (χ0n) is 29.6. The van der Waals surface area contributed by atoms with E-state index in [1.165, 1.54) is 44.5 Å². The highest BCUT2D eigenvalue weighted by Gasteiger charge is 2.37. The Morgan fingerprint density at radius 3 is 1.04 bits per heavy atom. The van der Waals surface area contributed by atoms with Crippen LogP contribution in [-0.4, -0.2) is 7.32 Å². The first-order valence-electron chi connectivity index (χ1n) is 17.2. The highest BCUT2D eigenvalue weighted by molar-refractivity contribution is 6.29. The van der Waals surface area contributed by atoms with E-state index < -0.39 is 36.6 Å². The van der Waals surface area contributed by atoms with Gasteiger partial charge in [0.2, 0.25) is 0 Å². The van der Waals surface area contributed by atoms with E-state index in [2.05, 4.69) is 187 Å². The molecular weight excluding hydrogens is 725 g/mol. The van der Waals surface area contributed by atoms with Crippen molar-refractivity contribution < 1.29 is 41.0 Å². The highest BCUT2D eigenvalue weighted by atomic mass is 19.4. The number of benzene rings is 5. The quantitative estimate of drug-likeness (QED) is 0.0985. The molecule has 280 valence electrons. The molecular formula is C46H33BF6O3. The molecule has 5 aromatic rings. The van der Waals surface area contributed by atoms with Crippen LogP contribution in [0.1, 0.15) is 33.4 Å². The molecule has 56 heavy (non-hydrogen) atoms. The minimum absolute atomic E-state index is 0.141. The Kier molecular flexibility index (Phi) is 14.1. The van der Waals surface area contributed by atoms with E-state index in [0.29, 0.717) is 0 Å². The van der Waals surface area contributed by atoms with Crippen molar-refractivity contribution >= 4 is 18.5 Å². The maximum absolute atomic E-state index is 12.3. The lowest BCUT2D eigenvalue weighted by Crippen LogP contribution is -2.50. The fraction of sp³-hybridized carbons (Fsp3) is 0.0435. The van der Waals surface area contributed by atoms with Gasteiger partial charge in [0.25, 0.3) is 0 Å². The lowest BCUT2D eigenvalue weighted by atomic mass is 9.90. The van der Waals surface area contributed by atoms with Gasteiger partial charge < -0.3 is 14.7 Å². The fourth-order valence-corrected chi connectivity index (χ4v) is 5.73. The van der Waals surface area contributed by atoms with Gasteiger partial charge in [-0.05, 0) is 66.7 Å². The molecule has 2 aliphatic carbocycles.